The summed E-state index contributed by atoms with van der Waals surface area (Å²) in [5.41, 5.74) is 0. The predicted molar refractivity (Wildman–Crippen MR) is 60.3 cm³/mol. The van der Waals surface area contributed by atoms with E-state index in [1.54, 1.807) is 7.11 Å². The number of hydrogen-bond acceptors (Lipinski definition) is 3. The van der Waals surface area contributed by atoms with Crippen LogP contribution in [0.4, 0.5) is 0 Å². The van der Waals surface area contributed by atoms with Crippen molar-refractivity contribution in [3.05, 3.63) is 0 Å². The molecule has 0 bridgehead atoms. The highest BCUT2D eigenvalue weighted by molar-refractivity contribution is 5.74. The van der Waals surface area contributed by atoms with E-state index in [1.165, 1.54) is 12.8 Å². The number of carboxylic acid groups (broad SMARTS) is 1. The molecule has 92 valence electrons. The molecule has 0 aromatic rings. The average molecular weight is 227 g/mol. The van der Waals surface area contributed by atoms with E-state index in [9.17, 15) is 9.90 Å². The Bertz CT molecular complexity index is 269. The Morgan fingerprint density at radius 2 is 2.31 bits per heavy atom. The van der Waals surface area contributed by atoms with Crippen LogP contribution in [0.25, 0.3) is 0 Å². The minimum atomic E-state index is -0.655. The lowest BCUT2D eigenvalue weighted by molar-refractivity contribution is -0.144. The fraction of sp³-hybridized carbons (Fsp3) is 0.917. The number of methoxy groups -OCH3 is 1. The van der Waals surface area contributed by atoms with Crippen molar-refractivity contribution >= 4 is 5.97 Å². The summed E-state index contributed by atoms with van der Waals surface area (Å²) in [5, 5.41) is 9.37. The lowest BCUT2D eigenvalue weighted by Crippen LogP contribution is -2.46. The van der Waals surface area contributed by atoms with Gasteiger partial charge in [-0.2, -0.15) is 0 Å². The summed E-state index contributed by atoms with van der Waals surface area (Å²) in [4.78, 5) is 13.5. The van der Waals surface area contributed by atoms with Crippen molar-refractivity contribution < 1.29 is 14.6 Å². The van der Waals surface area contributed by atoms with Gasteiger partial charge in [0, 0.05) is 19.7 Å². The van der Waals surface area contributed by atoms with Crippen LogP contribution >= 0.6 is 0 Å². The highest BCUT2D eigenvalue weighted by Crippen LogP contribution is 2.42. The van der Waals surface area contributed by atoms with Gasteiger partial charge >= 0.3 is 5.97 Å². The van der Waals surface area contributed by atoms with E-state index < -0.39 is 5.97 Å². The minimum absolute atomic E-state index is 0.205. The lowest BCUT2D eigenvalue weighted by atomic mass is 9.94. The second-order valence-corrected chi connectivity index (χ2v) is 5.14. The minimum Gasteiger partial charge on any atom is -0.480 e. The molecule has 0 spiro atoms. The molecule has 1 saturated heterocycles. The van der Waals surface area contributed by atoms with E-state index in [4.69, 9.17) is 4.74 Å². The van der Waals surface area contributed by atoms with Crippen LogP contribution in [0.2, 0.25) is 0 Å². The van der Waals surface area contributed by atoms with Crippen molar-refractivity contribution in [2.75, 3.05) is 20.3 Å². The molecular formula is C12H21NO3. The number of carboxylic acids is 1. The Labute approximate surface area is 96.6 Å². The number of ether oxygens (including phenoxy) is 1. The molecule has 4 unspecified atom stereocenters. The van der Waals surface area contributed by atoms with E-state index in [2.05, 4.69) is 11.8 Å². The standard InChI is InChI=1S/C12H21NO3/c1-8(7-16-2)13-6-9-4-3-5-10(9)11(13)12(14)15/h8-11H,3-7H2,1-2H3,(H,14,15). The maximum absolute atomic E-state index is 11.4. The topological polar surface area (TPSA) is 49.8 Å². The number of nitrogens with zero attached hydrogens (tertiary/aromatic N) is 1. The quantitative estimate of drug-likeness (QED) is 0.784. The Balaban J connectivity index is 2.10. The Morgan fingerprint density at radius 3 is 2.94 bits per heavy atom. The van der Waals surface area contributed by atoms with Crippen LogP contribution in [0.1, 0.15) is 26.2 Å². The van der Waals surface area contributed by atoms with Crippen LogP contribution in [0.3, 0.4) is 0 Å². The predicted octanol–water partition coefficient (Wildman–Crippen LogP) is 1.21. The van der Waals surface area contributed by atoms with Gasteiger partial charge in [0.05, 0.1) is 6.61 Å². The number of fused-ring (bicyclic) bond motifs is 1. The number of carbonyl (C=O) groups is 1. The zero-order chi connectivity index (χ0) is 11.7. The maximum atomic E-state index is 11.4. The molecule has 4 atom stereocenters. The number of aliphatic carboxylic acids is 1. The molecule has 16 heavy (non-hydrogen) atoms. The molecule has 4 heteroatoms. The molecule has 0 aromatic heterocycles. The summed E-state index contributed by atoms with van der Waals surface area (Å²) in [5.74, 6) is 0.314. The van der Waals surface area contributed by atoms with E-state index in [1.807, 2.05) is 0 Å². The van der Waals surface area contributed by atoms with Crippen LogP contribution < -0.4 is 0 Å². The van der Waals surface area contributed by atoms with Gasteiger partial charge in [0.1, 0.15) is 6.04 Å². The van der Waals surface area contributed by atoms with Crippen molar-refractivity contribution in [2.24, 2.45) is 11.8 Å². The second-order valence-electron chi connectivity index (χ2n) is 5.14. The summed E-state index contributed by atoms with van der Waals surface area (Å²) in [6.45, 7) is 3.61. The molecule has 0 radical (unpaired) electrons. The third-order valence-corrected chi connectivity index (χ3v) is 4.15. The average Bonchev–Trinajstić information content (AvgIpc) is 2.74. The third kappa shape index (κ3) is 1.96. The van der Waals surface area contributed by atoms with Crippen LogP contribution in [-0.4, -0.2) is 48.3 Å². The van der Waals surface area contributed by atoms with E-state index in [0.717, 1.165) is 13.0 Å². The molecular weight excluding hydrogens is 206 g/mol. The van der Waals surface area contributed by atoms with Crippen molar-refractivity contribution in [2.45, 2.75) is 38.3 Å². The van der Waals surface area contributed by atoms with Crippen LogP contribution in [0.5, 0.6) is 0 Å². The van der Waals surface area contributed by atoms with Crippen LogP contribution in [-0.2, 0) is 9.53 Å². The summed E-state index contributed by atoms with van der Waals surface area (Å²) < 4.78 is 5.13. The maximum Gasteiger partial charge on any atom is 0.321 e. The summed E-state index contributed by atoms with van der Waals surface area (Å²) in [7, 11) is 1.67. The number of hydrogen-bond donors (Lipinski definition) is 1. The summed E-state index contributed by atoms with van der Waals surface area (Å²) in [6, 6.07) is -0.0747. The summed E-state index contributed by atoms with van der Waals surface area (Å²) >= 11 is 0. The Morgan fingerprint density at radius 1 is 1.56 bits per heavy atom. The van der Waals surface area contributed by atoms with Gasteiger partial charge in [0.2, 0.25) is 0 Å². The highest BCUT2D eigenvalue weighted by Gasteiger charge is 2.48. The van der Waals surface area contributed by atoms with Crippen molar-refractivity contribution in [3.8, 4) is 0 Å². The van der Waals surface area contributed by atoms with Gasteiger partial charge in [-0.25, -0.2) is 0 Å². The molecule has 1 heterocycles. The lowest BCUT2D eigenvalue weighted by Gasteiger charge is -2.29. The fourth-order valence-electron chi connectivity index (χ4n) is 3.45. The molecule has 2 fully saturated rings. The van der Waals surface area contributed by atoms with Gasteiger partial charge < -0.3 is 9.84 Å². The largest absolute Gasteiger partial charge is 0.480 e. The fourth-order valence-corrected chi connectivity index (χ4v) is 3.45. The third-order valence-electron chi connectivity index (χ3n) is 4.15. The van der Waals surface area contributed by atoms with Gasteiger partial charge in [-0.1, -0.05) is 6.42 Å². The normalized spacial score (nSPS) is 36.2. The highest BCUT2D eigenvalue weighted by atomic mass is 16.5. The number of rotatable bonds is 4. The zero-order valence-electron chi connectivity index (χ0n) is 10.1. The molecule has 1 aliphatic heterocycles. The van der Waals surface area contributed by atoms with Gasteiger partial charge in [-0.05, 0) is 31.6 Å². The zero-order valence-corrected chi connectivity index (χ0v) is 10.1. The van der Waals surface area contributed by atoms with Crippen LogP contribution in [0.15, 0.2) is 0 Å². The first-order valence-corrected chi connectivity index (χ1v) is 6.12. The van der Waals surface area contributed by atoms with Gasteiger partial charge in [-0.15, -0.1) is 0 Å². The smallest absolute Gasteiger partial charge is 0.321 e. The summed E-state index contributed by atoms with van der Waals surface area (Å²) in [6.07, 6.45) is 3.48. The molecule has 2 aliphatic rings. The Kier molecular flexibility index (Phi) is 3.50. The molecule has 2 rings (SSSR count). The number of likely N-dealkylation sites (tertiary alicyclic amines) is 1. The molecule has 0 amide bonds. The first-order valence-electron chi connectivity index (χ1n) is 6.12. The second kappa shape index (κ2) is 4.72. The first-order chi connectivity index (χ1) is 7.65. The van der Waals surface area contributed by atoms with Crippen molar-refractivity contribution in [1.29, 1.82) is 0 Å². The Hall–Kier alpha value is -0.610. The van der Waals surface area contributed by atoms with Crippen LogP contribution in [0, 0.1) is 11.8 Å². The van der Waals surface area contributed by atoms with E-state index >= 15 is 0 Å². The van der Waals surface area contributed by atoms with Crippen molar-refractivity contribution in [3.63, 3.8) is 0 Å². The van der Waals surface area contributed by atoms with Crippen molar-refractivity contribution in [1.82, 2.24) is 4.90 Å². The molecule has 0 aromatic carbocycles. The first kappa shape index (κ1) is 11.9. The van der Waals surface area contributed by atoms with Gasteiger partial charge in [0.25, 0.3) is 0 Å². The molecule has 4 nitrogen and oxygen atoms in total. The van der Waals surface area contributed by atoms with Gasteiger partial charge in [0.15, 0.2) is 0 Å². The SMILES string of the molecule is COCC(C)N1CC2CCCC2C1C(=O)O. The molecule has 1 aliphatic carbocycles. The molecule has 1 saturated carbocycles. The monoisotopic (exact) mass is 227 g/mol. The molecule has 1 N–H and O–H groups in total. The van der Waals surface area contributed by atoms with E-state index in [-0.39, 0.29) is 12.1 Å². The van der Waals surface area contributed by atoms with E-state index in [0.29, 0.717) is 18.4 Å². The van der Waals surface area contributed by atoms with Gasteiger partial charge in [-0.3, -0.25) is 9.69 Å².